The monoisotopic (exact) mass is 200 g/mol. The molecule has 0 spiro atoms. The Balaban J connectivity index is 1.95. The third-order valence-electron chi connectivity index (χ3n) is 3.97. The summed E-state index contributed by atoms with van der Waals surface area (Å²) in [6.07, 6.45) is 14.1. The highest BCUT2D eigenvalue weighted by atomic mass is 16.1. The van der Waals surface area contributed by atoms with E-state index < -0.39 is 0 Å². The smallest absolute Gasteiger partial charge is 0.136 e. The maximum Gasteiger partial charge on any atom is 0.136 e. The summed E-state index contributed by atoms with van der Waals surface area (Å²) >= 11 is 0. The van der Waals surface area contributed by atoms with Crippen molar-refractivity contribution in [3.8, 4) is 0 Å². The van der Waals surface area contributed by atoms with Crippen molar-refractivity contribution in [3.05, 3.63) is 35.5 Å². The van der Waals surface area contributed by atoms with Gasteiger partial charge in [0.05, 0.1) is 0 Å². The van der Waals surface area contributed by atoms with Gasteiger partial charge in [-0.15, -0.1) is 0 Å². The normalized spacial score (nSPS) is 34.0. The fourth-order valence-electron chi connectivity index (χ4n) is 3.19. The number of Topliss-reactive ketones (excluding diaryl/α,β-unsaturated/α-hetero) is 1. The molecule has 0 bridgehead atoms. The summed E-state index contributed by atoms with van der Waals surface area (Å²) in [6, 6.07) is 0. The minimum Gasteiger partial charge on any atom is -0.299 e. The van der Waals surface area contributed by atoms with Crippen LogP contribution < -0.4 is 0 Å². The van der Waals surface area contributed by atoms with E-state index in [2.05, 4.69) is 24.3 Å². The molecule has 0 aliphatic heterocycles. The van der Waals surface area contributed by atoms with Gasteiger partial charge in [0.1, 0.15) is 5.78 Å². The molecule has 0 amide bonds. The number of hydrogen-bond acceptors (Lipinski definition) is 1. The van der Waals surface area contributed by atoms with Crippen LogP contribution in [0.25, 0.3) is 0 Å². The van der Waals surface area contributed by atoms with Crippen molar-refractivity contribution in [1.29, 1.82) is 0 Å². The van der Waals surface area contributed by atoms with Gasteiger partial charge in [-0.1, -0.05) is 29.9 Å². The number of carbonyl (C=O) groups excluding carboxylic acids is 1. The van der Waals surface area contributed by atoms with Gasteiger partial charge in [0, 0.05) is 12.8 Å². The molecule has 3 rings (SSSR count). The van der Waals surface area contributed by atoms with Gasteiger partial charge in [0.2, 0.25) is 0 Å². The zero-order valence-corrected chi connectivity index (χ0v) is 8.91. The number of ketones is 1. The second-order valence-electron chi connectivity index (χ2n) is 4.86. The average Bonchev–Trinajstić information content (AvgIpc) is 2.28. The number of fused-ring (bicyclic) bond motifs is 3. The zero-order valence-electron chi connectivity index (χ0n) is 8.91. The molecule has 0 N–H and O–H groups in total. The van der Waals surface area contributed by atoms with Crippen molar-refractivity contribution in [2.24, 2.45) is 11.8 Å². The molecule has 3 aliphatic rings. The van der Waals surface area contributed by atoms with Gasteiger partial charge in [0.25, 0.3) is 0 Å². The highest BCUT2D eigenvalue weighted by Gasteiger charge is 2.33. The summed E-state index contributed by atoms with van der Waals surface area (Å²) in [5.74, 6) is 1.82. The van der Waals surface area contributed by atoms with Gasteiger partial charge in [0.15, 0.2) is 0 Å². The van der Waals surface area contributed by atoms with Crippen LogP contribution in [0.2, 0.25) is 0 Å². The first kappa shape index (κ1) is 9.14. The van der Waals surface area contributed by atoms with Crippen molar-refractivity contribution in [2.45, 2.75) is 32.1 Å². The Hall–Kier alpha value is -1.11. The molecule has 1 nitrogen and oxygen atoms in total. The molecular weight excluding hydrogens is 184 g/mol. The Kier molecular flexibility index (Phi) is 2.12. The van der Waals surface area contributed by atoms with Crippen LogP contribution in [-0.4, -0.2) is 5.78 Å². The predicted molar refractivity (Wildman–Crippen MR) is 60.4 cm³/mol. The van der Waals surface area contributed by atoms with Gasteiger partial charge in [-0.25, -0.2) is 0 Å². The predicted octanol–water partition coefficient (Wildman–Crippen LogP) is 3.19. The topological polar surface area (TPSA) is 17.1 Å². The van der Waals surface area contributed by atoms with Crippen molar-refractivity contribution >= 4 is 5.78 Å². The zero-order chi connectivity index (χ0) is 10.3. The number of hydrogen-bond donors (Lipinski definition) is 0. The SMILES string of the molecule is O=C1CCC2C(=CC=C3C=CCCC32)C1. The number of carbonyl (C=O) groups is 1. The van der Waals surface area contributed by atoms with E-state index >= 15 is 0 Å². The maximum atomic E-state index is 11.4. The first-order valence-electron chi connectivity index (χ1n) is 5.93. The van der Waals surface area contributed by atoms with Crippen molar-refractivity contribution < 1.29 is 4.79 Å². The third-order valence-corrected chi connectivity index (χ3v) is 3.97. The summed E-state index contributed by atoms with van der Waals surface area (Å²) < 4.78 is 0. The van der Waals surface area contributed by atoms with Gasteiger partial charge < -0.3 is 0 Å². The Labute approximate surface area is 90.6 Å². The van der Waals surface area contributed by atoms with E-state index in [1.54, 1.807) is 0 Å². The van der Waals surface area contributed by atoms with Crippen LogP contribution in [0.3, 0.4) is 0 Å². The molecule has 0 aromatic heterocycles. The molecule has 0 heterocycles. The highest BCUT2D eigenvalue weighted by molar-refractivity contribution is 5.82. The van der Waals surface area contributed by atoms with Crippen LogP contribution in [0.5, 0.6) is 0 Å². The van der Waals surface area contributed by atoms with Gasteiger partial charge in [-0.3, -0.25) is 4.79 Å². The van der Waals surface area contributed by atoms with Crippen LogP contribution >= 0.6 is 0 Å². The summed E-state index contributed by atoms with van der Waals surface area (Å²) in [5, 5.41) is 0. The first-order chi connectivity index (χ1) is 7.34. The maximum absolute atomic E-state index is 11.4. The fourth-order valence-corrected chi connectivity index (χ4v) is 3.19. The minimum absolute atomic E-state index is 0.431. The Morgan fingerprint density at radius 3 is 3.00 bits per heavy atom. The Morgan fingerprint density at radius 1 is 1.13 bits per heavy atom. The largest absolute Gasteiger partial charge is 0.299 e. The second-order valence-corrected chi connectivity index (χ2v) is 4.86. The quantitative estimate of drug-likeness (QED) is 0.587. The van der Waals surface area contributed by atoms with Crippen molar-refractivity contribution in [2.75, 3.05) is 0 Å². The molecule has 0 aromatic rings. The standard InChI is InChI=1S/C14H16O/c15-12-7-8-14-11(9-12)6-5-10-3-1-2-4-13(10)14/h1,3,5-6,13-14H,2,4,7-9H2. The number of rotatable bonds is 0. The molecule has 0 saturated heterocycles. The minimum atomic E-state index is 0.431. The van der Waals surface area contributed by atoms with Crippen LogP contribution in [0.1, 0.15) is 32.1 Å². The van der Waals surface area contributed by atoms with Gasteiger partial charge in [-0.2, -0.15) is 0 Å². The molecule has 0 radical (unpaired) electrons. The van der Waals surface area contributed by atoms with E-state index in [1.807, 2.05) is 0 Å². The first-order valence-corrected chi connectivity index (χ1v) is 5.93. The molecule has 2 unspecified atom stereocenters. The molecule has 0 aromatic carbocycles. The van der Waals surface area contributed by atoms with Gasteiger partial charge >= 0.3 is 0 Å². The molecule has 2 atom stereocenters. The summed E-state index contributed by atoms with van der Waals surface area (Å²) in [5.41, 5.74) is 2.89. The van der Waals surface area contributed by atoms with E-state index in [9.17, 15) is 4.79 Å². The fraction of sp³-hybridized carbons (Fsp3) is 0.500. The van der Waals surface area contributed by atoms with E-state index in [-0.39, 0.29) is 0 Å². The number of allylic oxidation sites excluding steroid dienone is 6. The lowest BCUT2D eigenvalue weighted by Gasteiger charge is -2.36. The molecule has 15 heavy (non-hydrogen) atoms. The van der Waals surface area contributed by atoms with Crippen LogP contribution in [0, 0.1) is 11.8 Å². The molecule has 1 heteroatoms. The molecule has 3 aliphatic carbocycles. The van der Waals surface area contributed by atoms with Crippen LogP contribution in [0.4, 0.5) is 0 Å². The Morgan fingerprint density at radius 2 is 2.07 bits per heavy atom. The summed E-state index contributed by atoms with van der Waals surface area (Å²) in [7, 11) is 0. The summed E-state index contributed by atoms with van der Waals surface area (Å²) in [4.78, 5) is 11.4. The lowest BCUT2D eigenvalue weighted by atomic mass is 9.67. The van der Waals surface area contributed by atoms with E-state index in [4.69, 9.17) is 0 Å². The molecule has 78 valence electrons. The summed E-state index contributed by atoms with van der Waals surface area (Å²) in [6.45, 7) is 0. The van der Waals surface area contributed by atoms with Crippen molar-refractivity contribution in [1.82, 2.24) is 0 Å². The van der Waals surface area contributed by atoms with Crippen LogP contribution in [-0.2, 0) is 4.79 Å². The van der Waals surface area contributed by atoms with E-state index in [0.717, 1.165) is 12.8 Å². The molecule has 1 saturated carbocycles. The molecule has 1 fully saturated rings. The lowest BCUT2D eigenvalue weighted by Crippen LogP contribution is -2.28. The molecular formula is C14H16O. The highest BCUT2D eigenvalue weighted by Crippen LogP contribution is 2.43. The van der Waals surface area contributed by atoms with Gasteiger partial charge in [-0.05, 0) is 36.7 Å². The average molecular weight is 200 g/mol. The van der Waals surface area contributed by atoms with Crippen LogP contribution in [0.15, 0.2) is 35.5 Å². The Bertz CT molecular complexity index is 384. The van der Waals surface area contributed by atoms with Crippen molar-refractivity contribution in [3.63, 3.8) is 0 Å². The van der Waals surface area contributed by atoms with E-state index in [1.165, 1.54) is 24.0 Å². The lowest BCUT2D eigenvalue weighted by molar-refractivity contribution is -0.119. The van der Waals surface area contributed by atoms with E-state index in [0.29, 0.717) is 24.0 Å². The second kappa shape index (κ2) is 3.48. The third kappa shape index (κ3) is 1.50.